The molecule has 1 saturated heterocycles. The Bertz CT molecular complexity index is 1800. The first-order valence-electron chi connectivity index (χ1n) is 20.1. The number of rotatable bonds is 21. The Kier molecular flexibility index (Phi) is 16.6. The van der Waals surface area contributed by atoms with Gasteiger partial charge in [0.1, 0.15) is 35.2 Å². The van der Waals surface area contributed by atoms with Crippen molar-refractivity contribution >= 4 is 35.9 Å². The third-order valence-corrected chi connectivity index (χ3v) is 18.8. The Morgan fingerprint density at radius 1 is 0.845 bits per heavy atom. The summed E-state index contributed by atoms with van der Waals surface area (Å²) in [6.07, 6.45) is -5.05. The van der Waals surface area contributed by atoms with Crippen molar-refractivity contribution in [1.82, 2.24) is 4.90 Å². The molecule has 0 radical (unpaired) electrons. The smallest absolute Gasteiger partial charge is 0.281 e. The molecule has 12 nitrogen and oxygen atoms in total. The number of benzene rings is 3. The van der Waals surface area contributed by atoms with Crippen molar-refractivity contribution in [2.45, 2.75) is 128 Å². The molecule has 0 unspecified atom stereocenters. The summed E-state index contributed by atoms with van der Waals surface area (Å²) in [6, 6.07) is 27.5. The predicted octanol–water partition coefficient (Wildman–Crippen LogP) is 9.53. The number of hydrogen-bond donors (Lipinski definition) is 0. The molecule has 318 valence electrons. The van der Waals surface area contributed by atoms with Gasteiger partial charge in [0, 0.05) is 18.0 Å². The van der Waals surface area contributed by atoms with Gasteiger partial charge in [0.05, 0.1) is 12.7 Å². The molecular formula is C43H61ClN4O8SSi. The van der Waals surface area contributed by atoms with E-state index in [4.69, 9.17) is 34.4 Å². The Morgan fingerprint density at radius 3 is 1.66 bits per heavy atom. The second-order valence-corrected chi connectivity index (χ2v) is 23.6. The van der Waals surface area contributed by atoms with Crippen LogP contribution in [0, 0.1) is 0 Å². The van der Waals surface area contributed by atoms with Crippen molar-refractivity contribution in [3.8, 4) is 0 Å². The lowest BCUT2D eigenvalue weighted by Crippen LogP contribution is -2.60. The number of carbonyl (C=O) groups is 1. The van der Waals surface area contributed by atoms with Gasteiger partial charge in [-0.05, 0) is 66.5 Å². The van der Waals surface area contributed by atoms with Crippen molar-refractivity contribution in [2.75, 3.05) is 24.9 Å². The van der Waals surface area contributed by atoms with Crippen molar-refractivity contribution in [2.24, 2.45) is 5.11 Å². The quantitative estimate of drug-likeness (QED) is 0.0196. The summed E-state index contributed by atoms with van der Waals surface area (Å²) in [6.45, 7) is 20.1. The second-order valence-electron chi connectivity index (χ2n) is 16.0. The highest BCUT2D eigenvalue weighted by molar-refractivity contribution is 7.87. The molecule has 58 heavy (non-hydrogen) atoms. The molecule has 1 heterocycles. The van der Waals surface area contributed by atoms with Gasteiger partial charge in [-0.2, -0.15) is 8.42 Å². The van der Waals surface area contributed by atoms with E-state index >= 15 is 0 Å². The van der Waals surface area contributed by atoms with Gasteiger partial charge in [-0.1, -0.05) is 138 Å². The summed E-state index contributed by atoms with van der Waals surface area (Å²) in [5.41, 5.74) is 11.3. The van der Waals surface area contributed by atoms with Gasteiger partial charge in [0.25, 0.3) is 10.1 Å². The van der Waals surface area contributed by atoms with Crippen LogP contribution in [0.15, 0.2) is 96.1 Å². The molecule has 1 aliphatic rings. The highest BCUT2D eigenvalue weighted by atomic mass is 35.5. The number of hydrogen-bond acceptors (Lipinski definition) is 9. The molecule has 4 rings (SSSR count). The van der Waals surface area contributed by atoms with Crippen LogP contribution in [0.4, 0.5) is 0 Å². The lowest BCUT2D eigenvalue weighted by molar-refractivity contribution is -0.164. The zero-order valence-corrected chi connectivity index (χ0v) is 38.0. The number of likely N-dealkylation sites (N-methyl/N-ethyl adjacent to an activating group) is 1. The monoisotopic (exact) mass is 856 g/mol. The molecule has 1 amide bonds. The fourth-order valence-electron chi connectivity index (χ4n) is 8.71. The molecule has 0 spiro atoms. The molecule has 15 heteroatoms. The average molecular weight is 858 g/mol. The van der Waals surface area contributed by atoms with Gasteiger partial charge in [0.2, 0.25) is 14.2 Å². The van der Waals surface area contributed by atoms with Crippen LogP contribution >= 0.6 is 11.6 Å². The largest absolute Gasteiger partial charge is 0.409 e. The van der Waals surface area contributed by atoms with Gasteiger partial charge in [0.15, 0.2) is 5.79 Å². The Hall–Kier alpha value is -3.30. The summed E-state index contributed by atoms with van der Waals surface area (Å²) in [5, 5.41) is 3.28. The van der Waals surface area contributed by atoms with Gasteiger partial charge in [-0.15, -0.1) is 11.6 Å². The fraction of sp³-hybridized carbons (Fsp3) is 0.558. The van der Waals surface area contributed by atoms with Gasteiger partial charge < -0.3 is 23.5 Å². The first-order chi connectivity index (χ1) is 27.4. The molecular weight excluding hydrogens is 796 g/mol. The minimum atomic E-state index is -4.39. The molecule has 5 atom stereocenters. The molecule has 3 aromatic rings. The molecule has 0 N–H and O–H groups in total. The zero-order chi connectivity index (χ0) is 42.9. The maximum absolute atomic E-state index is 14.5. The fourth-order valence-corrected chi connectivity index (χ4v) is 15.0. The molecule has 1 fully saturated rings. The van der Waals surface area contributed by atoms with Crippen LogP contribution in [-0.2, 0) is 43.3 Å². The zero-order valence-electron chi connectivity index (χ0n) is 35.4. The van der Waals surface area contributed by atoms with Crippen LogP contribution in [0.25, 0.3) is 10.4 Å². The van der Waals surface area contributed by atoms with E-state index in [0.29, 0.717) is 13.1 Å². The predicted molar refractivity (Wildman–Crippen MR) is 230 cm³/mol. The number of azide groups is 1. The van der Waals surface area contributed by atoms with E-state index in [2.05, 4.69) is 51.6 Å². The first-order valence-corrected chi connectivity index (χ1v) is 24.3. The van der Waals surface area contributed by atoms with Gasteiger partial charge in [-0.25, -0.2) is 0 Å². The highest BCUT2D eigenvalue weighted by Crippen LogP contribution is 2.47. The third-order valence-electron chi connectivity index (χ3n) is 11.1. The molecule has 0 bridgehead atoms. The van der Waals surface area contributed by atoms with E-state index in [1.54, 1.807) is 18.7 Å². The van der Waals surface area contributed by atoms with Crippen LogP contribution < -0.4 is 0 Å². The number of amides is 1. The summed E-state index contributed by atoms with van der Waals surface area (Å²) in [5.74, 6) is -1.78. The van der Waals surface area contributed by atoms with E-state index in [-0.39, 0.29) is 23.2 Å². The number of halogens is 1. The number of ether oxygens (including phenoxy) is 3. The maximum atomic E-state index is 14.5. The topological polar surface area (TPSA) is 149 Å². The molecule has 3 aromatic carbocycles. The summed E-state index contributed by atoms with van der Waals surface area (Å²) < 4.78 is 60.8. The van der Waals surface area contributed by atoms with Crippen LogP contribution in [0.2, 0.25) is 16.6 Å². The molecule has 0 saturated carbocycles. The number of carbonyl (C=O) groups excluding carboxylic acids is 1. The van der Waals surface area contributed by atoms with E-state index in [9.17, 15) is 18.7 Å². The van der Waals surface area contributed by atoms with Crippen LogP contribution in [0.1, 0.15) is 85.9 Å². The van der Waals surface area contributed by atoms with E-state index < -0.39 is 71.4 Å². The maximum Gasteiger partial charge on any atom is 0.281 e. The minimum Gasteiger partial charge on any atom is -0.409 e. The van der Waals surface area contributed by atoms with E-state index in [1.807, 2.05) is 105 Å². The normalized spacial score (nSPS) is 18.9. The van der Waals surface area contributed by atoms with Crippen LogP contribution in [-0.4, -0.2) is 88.7 Å². The Balaban J connectivity index is 2.00. The Morgan fingerprint density at radius 2 is 1.28 bits per heavy atom. The van der Waals surface area contributed by atoms with Crippen molar-refractivity contribution in [3.05, 3.63) is 118 Å². The minimum absolute atomic E-state index is 0.0503. The standard InChI is InChI=1S/C43H61ClN4O8SSi/c1-11-48(12-2)41(49)37(46-47-45)39(56-58(30(3)4,31(5)6)32(7)8)40-38(53-42(9,10)54-40)36(55-57(50,51)29-44)28-52-43(33-22-16-13-17-23-33,34-24-18-14-19-25-34)35-26-20-15-21-27-35/h13-27,30-32,36-40H,11-12,28-29H2,1-10H3/t36-,37-,38-,39+,40-/m1/s1. The van der Waals surface area contributed by atoms with E-state index in [1.165, 1.54) is 0 Å². The van der Waals surface area contributed by atoms with Crippen molar-refractivity contribution in [3.63, 3.8) is 0 Å². The number of nitrogens with zero attached hydrogens (tertiary/aromatic N) is 4. The van der Waals surface area contributed by atoms with Gasteiger partial charge in [-0.3, -0.25) is 8.98 Å². The SMILES string of the molecule is CCN(CC)C(=O)[C@H](N=[N+]=[N-])[C@H](O[Si](C(C)C)(C(C)C)C(C)C)[C@@H]1OC(C)(C)O[C@@H]1[C@@H](COC(c1ccccc1)(c1ccccc1)c1ccccc1)OS(=O)(=O)CCl. The van der Waals surface area contributed by atoms with Crippen LogP contribution in [0.3, 0.4) is 0 Å². The third kappa shape index (κ3) is 10.3. The molecule has 0 aliphatic carbocycles. The first kappa shape index (κ1) is 47.4. The van der Waals surface area contributed by atoms with Crippen molar-refractivity contribution < 1.29 is 36.0 Å². The highest BCUT2D eigenvalue weighted by Gasteiger charge is 2.57. The second kappa shape index (κ2) is 20.3. The molecule has 1 aliphatic heterocycles. The summed E-state index contributed by atoms with van der Waals surface area (Å²) >= 11 is 6.02. The lowest BCUT2D eigenvalue weighted by atomic mass is 9.80. The molecule has 0 aromatic heterocycles. The summed E-state index contributed by atoms with van der Waals surface area (Å²) in [4.78, 5) is 19.2. The summed E-state index contributed by atoms with van der Waals surface area (Å²) in [7, 11) is -7.28. The lowest BCUT2D eigenvalue weighted by Gasteiger charge is -2.47. The van der Waals surface area contributed by atoms with Crippen molar-refractivity contribution in [1.29, 1.82) is 0 Å². The van der Waals surface area contributed by atoms with Crippen LogP contribution in [0.5, 0.6) is 0 Å². The average Bonchev–Trinajstić information content (AvgIpc) is 3.53. The number of alkyl halides is 1. The van der Waals surface area contributed by atoms with Gasteiger partial charge >= 0.3 is 0 Å². The van der Waals surface area contributed by atoms with E-state index in [0.717, 1.165) is 16.7 Å². The Labute approximate surface area is 351 Å².